The Hall–Kier alpha value is -10.5. The molecule has 36 heteroatoms. The molecule has 99 heavy (non-hydrogen) atoms. The first kappa shape index (κ1) is 75.8. The predicted octanol–water partition coefficient (Wildman–Crippen LogP) is 2.40. The lowest BCUT2D eigenvalue weighted by Crippen LogP contribution is -2.38. The summed E-state index contributed by atoms with van der Waals surface area (Å²) in [5.74, 6) is -7.50. The Morgan fingerprint density at radius 3 is 0.848 bits per heavy atom. The molecule has 6 heterocycles. The van der Waals surface area contributed by atoms with Gasteiger partial charge >= 0.3 is 0 Å². The number of amides is 9. The summed E-state index contributed by atoms with van der Waals surface area (Å²) < 4.78 is 105. The molecule has 3 aromatic heterocycles. The minimum atomic E-state index is -3.68. The molecule has 0 spiro atoms. The Labute approximate surface area is 567 Å². The fourth-order valence-electron chi connectivity index (χ4n) is 10.4. The lowest BCUT2D eigenvalue weighted by molar-refractivity contribution is -0.119. The summed E-state index contributed by atoms with van der Waals surface area (Å²) in [6.07, 6.45) is 2.95. The molecule has 0 saturated heterocycles. The lowest BCUT2D eigenvalue weighted by Gasteiger charge is -2.26. The van der Waals surface area contributed by atoms with E-state index in [0.717, 1.165) is 33.5 Å². The van der Waals surface area contributed by atoms with E-state index in [4.69, 9.17) is 43.7 Å². The second-order valence-electron chi connectivity index (χ2n) is 21.6. The third-order valence-corrected chi connectivity index (χ3v) is 17.2. The molecule has 1 unspecified atom stereocenters. The third-order valence-electron chi connectivity index (χ3n) is 14.5. The van der Waals surface area contributed by atoms with E-state index in [1.165, 1.54) is 112 Å². The number of aliphatic hydroxyl groups is 3. The molecule has 6 N–H and O–H groups in total. The van der Waals surface area contributed by atoms with Gasteiger partial charge in [-0.05, 0) is 93.6 Å². The molecule has 0 saturated carbocycles. The summed E-state index contributed by atoms with van der Waals surface area (Å²) in [4.78, 5) is 130. The number of imide groups is 3. The molecule has 0 bridgehead atoms. The number of pyridine rings is 3. The Bertz CT molecular complexity index is 4090. The number of nitrogens with zero attached hydrogens (tertiary/aromatic N) is 6. The summed E-state index contributed by atoms with van der Waals surface area (Å²) in [6, 6.07) is 17.9. The Morgan fingerprint density at radius 2 is 0.646 bits per heavy atom. The summed E-state index contributed by atoms with van der Waals surface area (Å²) in [5, 5.41) is 34.2. The molecular formula is C63H69N9O24S3. The minimum Gasteiger partial charge on any atom is -0.491 e. The number of ether oxygens (including phenoxy) is 6. The van der Waals surface area contributed by atoms with Gasteiger partial charge in [0, 0.05) is 18.8 Å². The molecule has 3 aliphatic rings. The van der Waals surface area contributed by atoms with Gasteiger partial charge in [-0.25, -0.2) is 40.2 Å². The summed E-state index contributed by atoms with van der Waals surface area (Å²) in [5.41, 5.74) is 0.118. The molecule has 0 aliphatic carbocycles. The molecule has 33 nitrogen and oxygen atoms in total. The van der Waals surface area contributed by atoms with Crippen molar-refractivity contribution in [2.75, 3.05) is 113 Å². The van der Waals surface area contributed by atoms with Gasteiger partial charge in [0.2, 0.25) is 17.7 Å². The molecule has 0 radical (unpaired) electrons. The second kappa shape index (κ2) is 32.2. The first-order chi connectivity index (χ1) is 46.8. The van der Waals surface area contributed by atoms with Crippen molar-refractivity contribution < 1.29 is 112 Å². The van der Waals surface area contributed by atoms with Crippen molar-refractivity contribution in [3.63, 3.8) is 0 Å². The van der Waals surface area contributed by atoms with Gasteiger partial charge in [0.15, 0.2) is 17.2 Å². The highest BCUT2D eigenvalue weighted by molar-refractivity contribution is 7.91. The number of nitrogens with one attached hydrogen (secondary N) is 3. The highest BCUT2D eigenvalue weighted by Gasteiger charge is 2.47. The maximum Gasteiger partial charge on any atom is 0.264 e. The molecule has 9 amide bonds. The van der Waals surface area contributed by atoms with Crippen LogP contribution in [0.2, 0.25) is 0 Å². The van der Waals surface area contributed by atoms with Crippen LogP contribution in [0.4, 0.5) is 17.1 Å². The SMILES string of the molecule is CCOc1nc(C(CS(C)(=O)=O)N2C(=O)c3cccc(NC(=O)CO)c3C2=O)ccc1OC.CCOc1nc([C@@H](CS(C)(=O)=O)N2C(=O)c3cccc(NC(=O)CO)c3C2=O)ccc1OC.CCOc1nc([C@H](CS(C)(=O)=O)N2C(=O)c3cccc(NC(=O)CO)c3C2=O)ccc1OC. The van der Waals surface area contributed by atoms with Gasteiger partial charge in [-0.15, -0.1) is 0 Å². The average molecular weight is 1430 g/mol. The van der Waals surface area contributed by atoms with E-state index < -0.39 is 138 Å². The quantitative estimate of drug-likeness (QED) is 0.0403. The number of carbonyl (C=O) groups excluding carboxylic acids is 9. The zero-order chi connectivity index (χ0) is 73.0. The van der Waals surface area contributed by atoms with Gasteiger partial charge in [-0.3, -0.25) is 57.9 Å². The molecule has 6 aromatic rings. The zero-order valence-corrected chi connectivity index (χ0v) is 57.0. The number of aliphatic hydroxyl groups excluding tert-OH is 3. The predicted molar refractivity (Wildman–Crippen MR) is 351 cm³/mol. The van der Waals surface area contributed by atoms with Crippen LogP contribution in [0.1, 0.15) is 118 Å². The number of aromatic nitrogens is 3. The summed E-state index contributed by atoms with van der Waals surface area (Å²) in [6.45, 7) is 3.50. The number of carbonyl (C=O) groups is 9. The van der Waals surface area contributed by atoms with Crippen molar-refractivity contribution in [1.82, 2.24) is 29.7 Å². The Kier molecular flexibility index (Phi) is 24.7. The smallest absolute Gasteiger partial charge is 0.264 e. The average Bonchev–Trinajstić information content (AvgIpc) is 1.62. The highest BCUT2D eigenvalue weighted by atomic mass is 32.2. The fraction of sp³-hybridized carbons (Fsp3) is 0.333. The maximum absolute atomic E-state index is 13.3. The Morgan fingerprint density at radius 1 is 0.404 bits per heavy atom. The molecule has 3 aliphatic heterocycles. The summed E-state index contributed by atoms with van der Waals surface area (Å²) >= 11 is 0. The fourth-order valence-corrected chi connectivity index (χ4v) is 13.1. The lowest BCUT2D eigenvalue weighted by atomic mass is 10.1. The first-order valence-corrected chi connectivity index (χ1v) is 35.8. The number of sulfone groups is 3. The van der Waals surface area contributed by atoms with Crippen molar-refractivity contribution >= 4 is 99.7 Å². The van der Waals surface area contributed by atoms with Gasteiger partial charge in [-0.1, -0.05) is 18.2 Å². The largest absolute Gasteiger partial charge is 0.491 e. The van der Waals surface area contributed by atoms with Crippen LogP contribution < -0.4 is 44.4 Å². The maximum atomic E-state index is 13.3. The van der Waals surface area contributed by atoms with E-state index in [2.05, 4.69) is 30.9 Å². The molecule has 9 rings (SSSR count). The normalized spacial score (nSPS) is 14.1. The summed E-state index contributed by atoms with van der Waals surface area (Å²) in [7, 11) is -6.79. The number of hydrogen-bond donors (Lipinski definition) is 6. The van der Waals surface area contributed by atoms with Crippen LogP contribution in [0.5, 0.6) is 34.9 Å². The molecule has 3 aromatic carbocycles. The van der Waals surface area contributed by atoms with Crippen LogP contribution in [0.15, 0.2) is 91.0 Å². The highest BCUT2D eigenvalue weighted by Crippen LogP contribution is 2.41. The minimum absolute atomic E-state index is 0.00668. The molecule has 3 atom stereocenters. The molecule has 528 valence electrons. The van der Waals surface area contributed by atoms with Crippen LogP contribution in [0.25, 0.3) is 0 Å². The van der Waals surface area contributed by atoms with E-state index >= 15 is 0 Å². The topological polar surface area (TPSA) is 457 Å². The van der Waals surface area contributed by atoms with Crippen LogP contribution >= 0.6 is 0 Å². The zero-order valence-electron chi connectivity index (χ0n) is 54.6. The van der Waals surface area contributed by atoms with Gasteiger partial charge in [0.1, 0.15) is 49.3 Å². The van der Waals surface area contributed by atoms with Crippen molar-refractivity contribution in [2.24, 2.45) is 0 Å². The van der Waals surface area contributed by atoms with Crippen LogP contribution in [0.3, 0.4) is 0 Å². The Balaban J connectivity index is 0.000000209. The number of rotatable bonds is 27. The van der Waals surface area contributed by atoms with Crippen molar-refractivity contribution in [2.45, 2.75) is 38.9 Å². The number of fused-ring (bicyclic) bond motifs is 3. The van der Waals surface area contributed by atoms with E-state index in [1.54, 1.807) is 20.8 Å². The van der Waals surface area contributed by atoms with E-state index in [0.29, 0.717) is 17.2 Å². The standard InChI is InChI=1S/3C21H23N3O8S/c3*1-4-32-19-16(31-2)9-8-13(23-19)15(11-33(3,29)30)24-20(27)12-6-5-7-14(18(12)21(24)28)22-17(26)10-25/h3*5-9,15,25H,4,10-11H2,1-3H3,(H,22,26)/t2*15-;/m10./s1. The van der Waals surface area contributed by atoms with Crippen LogP contribution in [-0.4, -0.2) is 220 Å². The van der Waals surface area contributed by atoms with E-state index in [9.17, 15) is 68.4 Å². The number of anilines is 3. The first-order valence-electron chi connectivity index (χ1n) is 29.6. The third kappa shape index (κ3) is 17.6. The molecular weight excluding hydrogens is 1360 g/mol. The number of benzene rings is 3. The van der Waals surface area contributed by atoms with Crippen molar-refractivity contribution in [3.05, 3.63) is 141 Å². The van der Waals surface area contributed by atoms with Crippen LogP contribution in [0, 0.1) is 0 Å². The van der Waals surface area contributed by atoms with Gasteiger partial charge < -0.3 is 59.7 Å². The number of hydrogen-bond acceptors (Lipinski definition) is 27. The van der Waals surface area contributed by atoms with Gasteiger partial charge in [0.05, 0.1) is 144 Å². The van der Waals surface area contributed by atoms with Gasteiger partial charge in [0.25, 0.3) is 53.1 Å². The number of methoxy groups -OCH3 is 3. The monoisotopic (exact) mass is 1430 g/mol. The van der Waals surface area contributed by atoms with Gasteiger partial charge in [-0.2, -0.15) is 0 Å². The van der Waals surface area contributed by atoms with Crippen molar-refractivity contribution in [1.29, 1.82) is 0 Å². The van der Waals surface area contributed by atoms with E-state index in [-0.39, 0.29) is 105 Å². The van der Waals surface area contributed by atoms with Crippen molar-refractivity contribution in [3.8, 4) is 34.9 Å². The van der Waals surface area contributed by atoms with Crippen LogP contribution in [-0.2, 0) is 43.9 Å². The van der Waals surface area contributed by atoms with E-state index in [1.807, 2.05) is 0 Å². The molecule has 0 fully saturated rings. The second-order valence-corrected chi connectivity index (χ2v) is 28.2.